The van der Waals surface area contributed by atoms with Gasteiger partial charge in [0.15, 0.2) is 0 Å². The molecule has 1 aromatic heterocycles. The van der Waals surface area contributed by atoms with Crippen LogP contribution in [0.5, 0.6) is 0 Å². The number of benzene rings is 1. The van der Waals surface area contributed by atoms with Crippen LogP contribution in [-0.4, -0.2) is 33.5 Å². The largest absolute Gasteiger partial charge is 0.333 e. The molecule has 2 heterocycles. The van der Waals surface area contributed by atoms with Gasteiger partial charge in [0.05, 0.1) is 6.04 Å². The Morgan fingerprint density at radius 2 is 1.96 bits per heavy atom. The van der Waals surface area contributed by atoms with Gasteiger partial charge in [-0.15, -0.1) is 10.2 Å². The van der Waals surface area contributed by atoms with Gasteiger partial charge in [-0.05, 0) is 49.9 Å². The molecule has 3 rings (SSSR count). The number of halogens is 1. The van der Waals surface area contributed by atoms with E-state index < -0.39 is 0 Å². The number of amides is 2. The molecular formula is C19H23FN4O2S. The van der Waals surface area contributed by atoms with E-state index in [2.05, 4.69) is 15.5 Å². The van der Waals surface area contributed by atoms with E-state index in [4.69, 9.17) is 0 Å². The number of hydrogen-bond donors (Lipinski definition) is 1. The maximum Gasteiger partial charge on any atom is 0.286 e. The van der Waals surface area contributed by atoms with E-state index >= 15 is 0 Å². The first kappa shape index (κ1) is 19.4. The monoisotopic (exact) mass is 390 g/mol. The molecule has 0 unspecified atom stereocenters. The SMILES string of the molecule is CCC(CC)C(=O)N1CCC[C@@H]1c1nnc(C(=O)Nc2ccc(F)cc2)s1. The van der Waals surface area contributed by atoms with Crippen molar-refractivity contribution in [2.24, 2.45) is 5.92 Å². The van der Waals surface area contributed by atoms with E-state index in [-0.39, 0.29) is 34.6 Å². The van der Waals surface area contributed by atoms with Crippen LogP contribution in [0.3, 0.4) is 0 Å². The molecule has 1 fully saturated rings. The molecule has 1 aliphatic rings. The summed E-state index contributed by atoms with van der Waals surface area (Å²) in [7, 11) is 0. The van der Waals surface area contributed by atoms with Gasteiger partial charge in [-0.25, -0.2) is 4.39 Å². The van der Waals surface area contributed by atoms with Crippen molar-refractivity contribution >= 4 is 28.8 Å². The van der Waals surface area contributed by atoms with E-state index in [0.29, 0.717) is 10.7 Å². The summed E-state index contributed by atoms with van der Waals surface area (Å²) >= 11 is 1.21. The second-order valence-electron chi connectivity index (χ2n) is 6.61. The molecule has 0 bridgehead atoms. The van der Waals surface area contributed by atoms with Crippen LogP contribution in [0.2, 0.25) is 0 Å². The van der Waals surface area contributed by atoms with E-state index in [9.17, 15) is 14.0 Å². The number of nitrogens with one attached hydrogen (secondary N) is 1. The van der Waals surface area contributed by atoms with Crippen LogP contribution < -0.4 is 5.32 Å². The molecule has 6 nitrogen and oxygen atoms in total. The molecule has 1 saturated heterocycles. The summed E-state index contributed by atoms with van der Waals surface area (Å²) in [5, 5.41) is 11.8. The Labute approximate surface area is 161 Å². The Balaban J connectivity index is 1.71. The van der Waals surface area contributed by atoms with Crippen molar-refractivity contribution in [1.82, 2.24) is 15.1 Å². The van der Waals surface area contributed by atoms with Crippen LogP contribution in [-0.2, 0) is 4.79 Å². The van der Waals surface area contributed by atoms with Crippen LogP contribution in [0.4, 0.5) is 10.1 Å². The van der Waals surface area contributed by atoms with E-state index in [0.717, 1.165) is 32.2 Å². The summed E-state index contributed by atoms with van der Waals surface area (Å²) in [4.78, 5) is 27.0. The van der Waals surface area contributed by atoms with Gasteiger partial charge in [-0.2, -0.15) is 0 Å². The molecular weight excluding hydrogens is 367 g/mol. The number of carbonyl (C=O) groups is 2. The van der Waals surface area contributed by atoms with Gasteiger partial charge in [0.2, 0.25) is 10.9 Å². The topological polar surface area (TPSA) is 75.2 Å². The highest BCUT2D eigenvalue weighted by Gasteiger charge is 2.35. The Hall–Kier alpha value is -2.35. The number of aromatic nitrogens is 2. The van der Waals surface area contributed by atoms with Crippen LogP contribution in [0.15, 0.2) is 24.3 Å². The molecule has 144 valence electrons. The molecule has 27 heavy (non-hydrogen) atoms. The van der Waals surface area contributed by atoms with Crippen molar-refractivity contribution in [3.05, 3.63) is 40.1 Å². The van der Waals surface area contributed by atoms with E-state index in [1.54, 1.807) is 0 Å². The number of hydrogen-bond acceptors (Lipinski definition) is 5. The fourth-order valence-electron chi connectivity index (χ4n) is 3.34. The standard InChI is InChI=1S/C19H23FN4O2S/c1-3-12(4-2)19(26)24-11-5-6-15(24)17-22-23-18(27-17)16(25)21-14-9-7-13(20)8-10-14/h7-10,12,15H,3-6,11H2,1-2H3,(H,21,25)/t15-/m1/s1. The molecule has 2 amide bonds. The first-order chi connectivity index (χ1) is 13.0. The molecule has 0 spiro atoms. The number of nitrogens with zero attached hydrogens (tertiary/aromatic N) is 3. The Kier molecular flexibility index (Phi) is 6.15. The van der Waals surface area contributed by atoms with E-state index in [1.165, 1.54) is 35.6 Å². The zero-order valence-corrected chi connectivity index (χ0v) is 16.3. The third kappa shape index (κ3) is 4.32. The maximum atomic E-state index is 13.0. The van der Waals surface area contributed by atoms with Gasteiger partial charge >= 0.3 is 0 Å². The second-order valence-corrected chi connectivity index (χ2v) is 7.62. The first-order valence-corrected chi connectivity index (χ1v) is 10.1. The minimum atomic E-state index is -0.388. The smallest absolute Gasteiger partial charge is 0.286 e. The van der Waals surface area contributed by atoms with Gasteiger partial charge in [0, 0.05) is 18.2 Å². The molecule has 8 heteroatoms. The molecule has 1 atom stereocenters. The molecule has 2 aromatic rings. The predicted molar refractivity (Wildman–Crippen MR) is 102 cm³/mol. The Morgan fingerprint density at radius 1 is 1.26 bits per heavy atom. The van der Waals surface area contributed by atoms with Crippen molar-refractivity contribution < 1.29 is 14.0 Å². The van der Waals surface area contributed by atoms with Gasteiger partial charge < -0.3 is 10.2 Å². The lowest BCUT2D eigenvalue weighted by Gasteiger charge is -2.26. The fourth-order valence-corrected chi connectivity index (χ4v) is 4.22. The van der Waals surface area contributed by atoms with E-state index in [1.807, 2.05) is 18.7 Å². The number of rotatable bonds is 6. The Bertz CT molecular complexity index is 804. The molecule has 0 aliphatic carbocycles. The van der Waals surface area contributed by atoms with Crippen LogP contribution in [0.1, 0.15) is 60.4 Å². The predicted octanol–water partition coefficient (Wildman–Crippen LogP) is 4.03. The minimum absolute atomic E-state index is 0.0276. The highest BCUT2D eigenvalue weighted by Crippen LogP contribution is 2.35. The van der Waals surface area contributed by atoms with Gasteiger partial charge in [-0.1, -0.05) is 25.2 Å². The van der Waals surface area contributed by atoms with Crippen molar-refractivity contribution in [3.63, 3.8) is 0 Å². The number of anilines is 1. The van der Waals surface area contributed by atoms with Crippen molar-refractivity contribution in [2.45, 2.75) is 45.6 Å². The normalized spacial score (nSPS) is 16.7. The van der Waals surface area contributed by atoms with Crippen LogP contribution in [0.25, 0.3) is 0 Å². The third-order valence-corrected chi connectivity index (χ3v) is 5.92. The van der Waals surface area contributed by atoms with Crippen LogP contribution in [0, 0.1) is 11.7 Å². The van der Waals surface area contributed by atoms with Crippen molar-refractivity contribution in [2.75, 3.05) is 11.9 Å². The highest BCUT2D eigenvalue weighted by atomic mass is 32.1. The maximum absolute atomic E-state index is 13.0. The zero-order valence-electron chi connectivity index (χ0n) is 15.4. The quantitative estimate of drug-likeness (QED) is 0.808. The summed E-state index contributed by atoms with van der Waals surface area (Å²) < 4.78 is 13.0. The molecule has 1 aromatic carbocycles. The average molecular weight is 390 g/mol. The summed E-state index contributed by atoms with van der Waals surface area (Å²) in [6, 6.07) is 5.43. The second kappa shape index (κ2) is 8.56. The van der Waals surface area contributed by atoms with Crippen LogP contribution >= 0.6 is 11.3 Å². The first-order valence-electron chi connectivity index (χ1n) is 9.24. The summed E-state index contributed by atoms with van der Waals surface area (Å²) in [6.07, 6.45) is 3.40. The van der Waals surface area contributed by atoms with Gasteiger partial charge in [0.1, 0.15) is 10.8 Å². The Morgan fingerprint density at radius 3 is 2.63 bits per heavy atom. The lowest BCUT2D eigenvalue weighted by Crippen LogP contribution is -2.35. The number of likely N-dealkylation sites (tertiary alicyclic amines) is 1. The van der Waals surface area contributed by atoms with Crippen molar-refractivity contribution in [3.8, 4) is 0 Å². The zero-order chi connectivity index (χ0) is 19.4. The highest BCUT2D eigenvalue weighted by molar-refractivity contribution is 7.13. The lowest BCUT2D eigenvalue weighted by atomic mass is 10.0. The molecule has 0 radical (unpaired) electrons. The molecule has 1 aliphatic heterocycles. The van der Waals surface area contributed by atoms with Gasteiger partial charge in [0.25, 0.3) is 5.91 Å². The van der Waals surface area contributed by atoms with Gasteiger partial charge in [-0.3, -0.25) is 9.59 Å². The summed E-state index contributed by atoms with van der Waals surface area (Å²) in [5.74, 6) is -0.564. The third-order valence-electron chi connectivity index (χ3n) is 4.89. The van der Waals surface area contributed by atoms with Crippen molar-refractivity contribution in [1.29, 1.82) is 0 Å². The summed E-state index contributed by atoms with van der Waals surface area (Å²) in [5.41, 5.74) is 0.490. The number of carbonyl (C=O) groups excluding carboxylic acids is 2. The lowest BCUT2D eigenvalue weighted by molar-refractivity contribution is -0.136. The average Bonchev–Trinajstić information content (AvgIpc) is 3.33. The minimum Gasteiger partial charge on any atom is -0.333 e. The summed E-state index contributed by atoms with van der Waals surface area (Å²) in [6.45, 7) is 4.77. The molecule has 1 N–H and O–H groups in total. The fraction of sp³-hybridized carbons (Fsp3) is 0.474. The molecule has 0 saturated carbocycles.